The molecule has 0 aliphatic carbocycles. The van der Waals surface area contributed by atoms with E-state index in [1.165, 1.54) is 6.07 Å². The molecule has 3 aromatic carbocycles. The Hall–Kier alpha value is -3.12. The topological polar surface area (TPSA) is 75.3 Å². The van der Waals surface area contributed by atoms with Crippen LogP contribution in [0.4, 0.5) is 11.4 Å². The van der Waals surface area contributed by atoms with E-state index in [0.717, 1.165) is 22.4 Å². The Morgan fingerprint density at radius 3 is 2.23 bits per heavy atom. The fraction of sp³-hybridized carbons (Fsp3) is 0.208. The first kappa shape index (κ1) is 21.6. The summed E-state index contributed by atoms with van der Waals surface area (Å²) in [7, 11) is -3.74. The zero-order chi connectivity index (χ0) is 21.9. The molecule has 5 nitrogen and oxygen atoms in total. The molecular formula is C24H26N2O3S. The molecule has 0 saturated carbocycles. The summed E-state index contributed by atoms with van der Waals surface area (Å²) in [5.41, 5.74) is 4.51. The zero-order valence-corrected chi connectivity index (χ0v) is 18.4. The summed E-state index contributed by atoms with van der Waals surface area (Å²) >= 11 is 0. The van der Waals surface area contributed by atoms with Gasteiger partial charge in [0.1, 0.15) is 0 Å². The van der Waals surface area contributed by atoms with E-state index >= 15 is 0 Å². The zero-order valence-electron chi connectivity index (χ0n) is 17.6. The van der Waals surface area contributed by atoms with Crippen molar-refractivity contribution in [3.05, 3.63) is 89.0 Å². The molecule has 0 unspecified atom stereocenters. The van der Waals surface area contributed by atoms with Gasteiger partial charge < -0.3 is 5.32 Å². The van der Waals surface area contributed by atoms with Crippen molar-refractivity contribution < 1.29 is 13.2 Å². The summed E-state index contributed by atoms with van der Waals surface area (Å²) in [6, 6.07) is 19.0. The van der Waals surface area contributed by atoms with Crippen LogP contribution in [0.2, 0.25) is 0 Å². The number of rotatable bonds is 6. The van der Waals surface area contributed by atoms with Crippen LogP contribution in [0.25, 0.3) is 0 Å². The lowest BCUT2D eigenvalue weighted by atomic mass is 9.98. The number of anilines is 2. The van der Waals surface area contributed by atoms with Crippen LogP contribution in [-0.2, 0) is 10.0 Å². The Kier molecular flexibility index (Phi) is 6.27. The van der Waals surface area contributed by atoms with E-state index in [1.54, 1.807) is 42.5 Å². The quantitative estimate of drug-likeness (QED) is 0.552. The number of carbonyl (C=O) groups is 1. The molecule has 0 aliphatic heterocycles. The van der Waals surface area contributed by atoms with Gasteiger partial charge in [0, 0.05) is 16.9 Å². The minimum absolute atomic E-state index is 0.171. The summed E-state index contributed by atoms with van der Waals surface area (Å²) in [5.74, 6) is -0.0320. The van der Waals surface area contributed by atoms with E-state index < -0.39 is 10.0 Å². The van der Waals surface area contributed by atoms with Crippen molar-refractivity contribution in [3.8, 4) is 0 Å². The highest BCUT2D eigenvalue weighted by atomic mass is 32.2. The molecule has 30 heavy (non-hydrogen) atoms. The lowest BCUT2D eigenvalue weighted by Crippen LogP contribution is -2.16. The summed E-state index contributed by atoms with van der Waals surface area (Å²) < 4.78 is 27.8. The molecule has 0 spiro atoms. The molecule has 0 bridgehead atoms. The molecule has 0 fully saturated rings. The van der Waals surface area contributed by atoms with Crippen molar-refractivity contribution in [2.45, 2.75) is 38.5 Å². The van der Waals surface area contributed by atoms with Gasteiger partial charge in [-0.15, -0.1) is 0 Å². The SMILES string of the molecule is Cc1ccc(S(=O)(=O)Nc2cccc(C(=O)Nc3c(C)cccc3C(C)C)c2)cc1. The van der Waals surface area contributed by atoms with Gasteiger partial charge in [-0.25, -0.2) is 8.42 Å². The molecule has 0 radical (unpaired) electrons. The van der Waals surface area contributed by atoms with Crippen LogP contribution in [0.3, 0.4) is 0 Å². The molecule has 6 heteroatoms. The van der Waals surface area contributed by atoms with Crippen molar-refractivity contribution in [2.75, 3.05) is 10.0 Å². The van der Waals surface area contributed by atoms with Crippen LogP contribution in [-0.4, -0.2) is 14.3 Å². The van der Waals surface area contributed by atoms with Crippen molar-refractivity contribution in [1.29, 1.82) is 0 Å². The number of carbonyl (C=O) groups excluding carboxylic acids is 1. The third kappa shape index (κ3) is 4.89. The molecule has 0 atom stereocenters. The van der Waals surface area contributed by atoms with Gasteiger partial charge in [0.25, 0.3) is 15.9 Å². The van der Waals surface area contributed by atoms with E-state index in [9.17, 15) is 13.2 Å². The van der Waals surface area contributed by atoms with Crippen LogP contribution >= 0.6 is 0 Å². The summed E-state index contributed by atoms with van der Waals surface area (Å²) in [4.78, 5) is 13.0. The second-order valence-electron chi connectivity index (χ2n) is 7.65. The smallest absolute Gasteiger partial charge is 0.261 e. The average molecular weight is 423 g/mol. The van der Waals surface area contributed by atoms with Gasteiger partial charge in [-0.2, -0.15) is 0 Å². The first-order valence-electron chi connectivity index (χ1n) is 9.78. The number of sulfonamides is 1. The van der Waals surface area contributed by atoms with E-state index in [-0.39, 0.29) is 16.7 Å². The van der Waals surface area contributed by atoms with Crippen LogP contribution in [0.1, 0.15) is 46.8 Å². The monoisotopic (exact) mass is 422 g/mol. The molecular weight excluding hydrogens is 396 g/mol. The highest BCUT2D eigenvalue weighted by Crippen LogP contribution is 2.28. The van der Waals surface area contributed by atoms with Gasteiger partial charge in [-0.1, -0.05) is 55.8 Å². The molecule has 1 amide bonds. The molecule has 0 saturated heterocycles. The van der Waals surface area contributed by atoms with Crippen LogP contribution in [0.15, 0.2) is 71.6 Å². The lowest BCUT2D eigenvalue weighted by Gasteiger charge is -2.17. The fourth-order valence-electron chi connectivity index (χ4n) is 3.18. The maximum Gasteiger partial charge on any atom is 0.261 e. The third-order valence-electron chi connectivity index (χ3n) is 4.87. The standard InChI is InChI=1S/C24H26N2O3S/c1-16(2)22-10-5-7-18(4)23(22)25-24(27)19-8-6-9-20(15-19)26-30(28,29)21-13-11-17(3)12-14-21/h5-16,26H,1-4H3,(H,25,27). The first-order chi connectivity index (χ1) is 14.2. The first-order valence-corrected chi connectivity index (χ1v) is 11.3. The molecule has 3 aromatic rings. The Balaban J connectivity index is 1.84. The van der Waals surface area contributed by atoms with E-state index in [4.69, 9.17) is 0 Å². The van der Waals surface area contributed by atoms with E-state index in [0.29, 0.717) is 11.3 Å². The molecule has 3 rings (SSSR count). The highest BCUT2D eigenvalue weighted by molar-refractivity contribution is 7.92. The van der Waals surface area contributed by atoms with E-state index in [1.807, 2.05) is 32.0 Å². The van der Waals surface area contributed by atoms with Crippen LogP contribution < -0.4 is 10.0 Å². The normalized spacial score (nSPS) is 11.4. The number of benzene rings is 3. The predicted molar refractivity (Wildman–Crippen MR) is 122 cm³/mol. The second kappa shape index (κ2) is 8.71. The minimum Gasteiger partial charge on any atom is -0.321 e. The highest BCUT2D eigenvalue weighted by Gasteiger charge is 2.16. The Bertz CT molecular complexity index is 1170. The van der Waals surface area contributed by atoms with E-state index in [2.05, 4.69) is 23.9 Å². The van der Waals surface area contributed by atoms with Crippen molar-refractivity contribution in [2.24, 2.45) is 0 Å². The van der Waals surface area contributed by atoms with Crippen molar-refractivity contribution in [1.82, 2.24) is 0 Å². The summed E-state index contributed by atoms with van der Waals surface area (Å²) in [6.07, 6.45) is 0. The maximum atomic E-state index is 12.9. The third-order valence-corrected chi connectivity index (χ3v) is 6.27. The second-order valence-corrected chi connectivity index (χ2v) is 9.33. The van der Waals surface area contributed by atoms with Gasteiger partial charge in [0.15, 0.2) is 0 Å². The largest absolute Gasteiger partial charge is 0.321 e. The summed E-state index contributed by atoms with van der Waals surface area (Å²) in [5, 5.41) is 2.99. The predicted octanol–water partition coefficient (Wildman–Crippen LogP) is 5.48. The van der Waals surface area contributed by atoms with Gasteiger partial charge in [-0.05, 0) is 61.2 Å². The summed E-state index contributed by atoms with van der Waals surface area (Å²) in [6.45, 7) is 7.99. The molecule has 0 aliphatic rings. The minimum atomic E-state index is -3.74. The maximum absolute atomic E-state index is 12.9. The Morgan fingerprint density at radius 1 is 0.900 bits per heavy atom. The number of aryl methyl sites for hydroxylation is 2. The van der Waals surface area contributed by atoms with Gasteiger partial charge >= 0.3 is 0 Å². The Labute approximate surface area is 178 Å². The van der Waals surface area contributed by atoms with Crippen molar-refractivity contribution >= 4 is 27.3 Å². The number of hydrogen-bond acceptors (Lipinski definition) is 3. The lowest BCUT2D eigenvalue weighted by molar-refractivity contribution is 0.102. The molecule has 2 N–H and O–H groups in total. The number of amides is 1. The number of hydrogen-bond donors (Lipinski definition) is 2. The number of para-hydroxylation sites is 1. The average Bonchev–Trinajstić information content (AvgIpc) is 2.69. The van der Waals surface area contributed by atoms with Crippen LogP contribution in [0.5, 0.6) is 0 Å². The van der Waals surface area contributed by atoms with Crippen LogP contribution in [0, 0.1) is 13.8 Å². The molecule has 0 heterocycles. The molecule has 0 aromatic heterocycles. The van der Waals surface area contributed by atoms with Gasteiger partial charge in [0.2, 0.25) is 0 Å². The van der Waals surface area contributed by atoms with Gasteiger partial charge in [-0.3, -0.25) is 9.52 Å². The fourth-order valence-corrected chi connectivity index (χ4v) is 4.23. The number of nitrogens with one attached hydrogen (secondary N) is 2. The van der Waals surface area contributed by atoms with Crippen molar-refractivity contribution in [3.63, 3.8) is 0 Å². The van der Waals surface area contributed by atoms with Gasteiger partial charge in [0.05, 0.1) is 4.90 Å². The Morgan fingerprint density at radius 2 is 1.57 bits per heavy atom. The molecule has 156 valence electrons.